The number of aromatic nitrogens is 1. The van der Waals surface area contributed by atoms with Crippen LogP contribution in [0.3, 0.4) is 0 Å². The van der Waals surface area contributed by atoms with Gasteiger partial charge in [0.2, 0.25) is 5.91 Å². The molecule has 0 bridgehead atoms. The van der Waals surface area contributed by atoms with E-state index in [1.807, 2.05) is 6.07 Å². The highest BCUT2D eigenvalue weighted by molar-refractivity contribution is 7.16. The molecule has 25 heavy (non-hydrogen) atoms. The normalized spacial score (nSPS) is 18.1. The number of aryl methyl sites for hydroxylation is 1. The molecular weight excluding hydrogens is 360 g/mol. The van der Waals surface area contributed by atoms with Gasteiger partial charge in [-0.1, -0.05) is 17.4 Å². The molecule has 1 aliphatic heterocycles. The average molecular weight is 385 g/mol. The maximum Gasteiger partial charge on any atom is 0.307 e. The molecule has 0 aliphatic carbocycles. The molecule has 1 unspecified atom stereocenters. The van der Waals surface area contributed by atoms with Crippen LogP contribution in [0.4, 0.5) is 0 Å². The quantitative estimate of drug-likeness (QED) is 0.814. The van der Waals surface area contributed by atoms with Crippen molar-refractivity contribution >= 4 is 39.9 Å². The summed E-state index contributed by atoms with van der Waals surface area (Å²) >= 11 is 1.28. The third-order valence-electron chi connectivity index (χ3n) is 4.58. The average Bonchev–Trinajstić information content (AvgIpc) is 2.87. The third-order valence-corrected chi connectivity index (χ3v) is 5.58. The van der Waals surface area contributed by atoms with Crippen LogP contribution in [0.15, 0.2) is 23.0 Å². The zero-order chi connectivity index (χ0) is 17.1. The van der Waals surface area contributed by atoms with Gasteiger partial charge in [-0.25, -0.2) is 0 Å². The van der Waals surface area contributed by atoms with Crippen LogP contribution in [0.25, 0.3) is 10.2 Å². The van der Waals surface area contributed by atoms with Crippen LogP contribution in [-0.2, 0) is 18.4 Å². The number of nitrogens with two attached hydrogens (primary N) is 1. The van der Waals surface area contributed by atoms with Crippen molar-refractivity contribution < 1.29 is 4.79 Å². The Kier molecular flexibility index (Phi) is 7.01. The molecule has 1 amide bonds. The Hall–Kier alpha value is -1.41. The van der Waals surface area contributed by atoms with Crippen LogP contribution < -0.4 is 15.9 Å². The van der Waals surface area contributed by atoms with Gasteiger partial charge in [0, 0.05) is 33.2 Å². The number of carbonyl (C=O) groups excluding carboxylic acids is 1. The minimum absolute atomic E-state index is 0. The van der Waals surface area contributed by atoms with Gasteiger partial charge in [-0.05, 0) is 37.1 Å². The van der Waals surface area contributed by atoms with Gasteiger partial charge in [-0.15, -0.1) is 12.4 Å². The first-order valence-electron chi connectivity index (χ1n) is 8.37. The monoisotopic (exact) mass is 384 g/mol. The van der Waals surface area contributed by atoms with Crippen molar-refractivity contribution in [3.05, 3.63) is 33.4 Å². The van der Waals surface area contributed by atoms with Crippen LogP contribution in [0.2, 0.25) is 0 Å². The molecule has 1 atom stereocenters. The molecule has 0 spiro atoms. The standard InChI is InChI=1S/C17H24N4O2S.ClH/c1-20-14-5-4-12(9-15(14)24-17(20)23)10-21-8-2-3-13(11-21)16(22)19-7-6-18;/h4-5,9,13H,2-3,6-8,10-11,18H2,1H3,(H,19,22);1H. The molecule has 2 heterocycles. The number of halogens is 1. The zero-order valence-corrected chi connectivity index (χ0v) is 16.0. The van der Waals surface area contributed by atoms with Crippen LogP contribution in [0, 0.1) is 5.92 Å². The molecule has 8 heteroatoms. The number of nitrogens with zero attached hydrogens (tertiary/aromatic N) is 2. The van der Waals surface area contributed by atoms with Crippen molar-refractivity contribution in [1.82, 2.24) is 14.8 Å². The summed E-state index contributed by atoms with van der Waals surface area (Å²) in [4.78, 5) is 26.3. The van der Waals surface area contributed by atoms with Crippen molar-refractivity contribution in [2.75, 3.05) is 26.2 Å². The predicted molar refractivity (Wildman–Crippen MR) is 104 cm³/mol. The molecule has 1 fully saturated rings. The van der Waals surface area contributed by atoms with Crippen LogP contribution in [0.5, 0.6) is 0 Å². The van der Waals surface area contributed by atoms with E-state index in [9.17, 15) is 9.59 Å². The second kappa shape index (κ2) is 8.80. The molecule has 2 aromatic rings. The van der Waals surface area contributed by atoms with E-state index in [2.05, 4.69) is 22.3 Å². The Balaban J connectivity index is 0.00000225. The van der Waals surface area contributed by atoms with E-state index in [1.165, 1.54) is 16.9 Å². The number of hydrogen-bond acceptors (Lipinski definition) is 5. The first-order chi connectivity index (χ1) is 11.6. The number of benzene rings is 1. The molecule has 3 rings (SSSR count). The van der Waals surface area contributed by atoms with E-state index in [-0.39, 0.29) is 29.1 Å². The molecule has 1 aromatic heterocycles. The van der Waals surface area contributed by atoms with Gasteiger partial charge >= 0.3 is 4.87 Å². The molecule has 1 saturated heterocycles. The molecule has 6 nitrogen and oxygen atoms in total. The summed E-state index contributed by atoms with van der Waals surface area (Å²) in [5.74, 6) is 0.156. The summed E-state index contributed by atoms with van der Waals surface area (Å²) in [5, 5.41) is 2.89. The van der Waals surface area contributed by atoms with Crippen molar-refractivity contribution in [1.29, 1.82) is 0 Å². The van der Waals surface area contributed by atoms with Crippen LogP contribution in [-0.4, -0.2) is 41.6 Å². The lowest BCUT2D eigenvalue weighted by atomic mass is 9.96. The minimum atomic E-state index is 0. The molecule has 1 aliphatic rings. The van der Waals surface area contributed by atoms with Gasteiger partial charge in [0.15, 0.2) is 0 Å². The second-order valence-electron chi connectivity index (χ2n) is 6.38. The van der Waals surface area contributed by atoms with E-state index in [0.29, 0.717) is 13.1 Å². The first kappa shape index (κ1) is 19.9. The molecule has 3 N–H and O–H groups in total. The summed E-state index contributed by atoms with van der Waals surface area (Å²) < 4.78 is 2.71. The zero-order valence-electron chi connectivity index (χ0n) is 14.4. The van der Waals surface area contributed by atoms with Crippen molar-refractivity contribution in [3.63, 3.8) is 0 Å². The van der Waals surface area contributed by atoms with Crippen molar-refractivity contribution in [2.45, 2.75) is 19.4 Å². The number of amides is 1. The van der Waals surface area contributed by atoms with E-state index in [0.717, 1.165) is 42.7 Å². The molecule has 0 saturated carbocycles. The number of likely N-dealkylation sites (tertiary alicyclic amines) is 1. The Morgan fingerprint density at radius 1 is 1.44 bits per heavy atom. The fourth-order valence-corrected chi connectivity index (χ4v) is 4.23. The number of fused-ring (bicyclic) bond motifs is 1. The molecule has 0 radical (unpaired) electrons. The predicted octanol–water partition coefficient (Wildman–Crippen LogP) is 1.31. The van der Waals surface area contributed by atoms with Gasteiger partial charge in [0.05, 0.1) is 16.1 Å². The number of nitrogens with one attached hydrogen (secondary N) is 1. The van der Waals surface area contributed by atoms with E-state index >= 15 is 0 Å². The summed E-state index contributed by atoms with van der Waals surface area (Å²) in [6, 6.07) is 6.18. The smallest absolute Gasteiger partial charge is 0.307 e. The second-order valence-corrected chi connectivity index (χ2v) is 7.38. The number of carbonyl (C=O) groups is 1. The number of thiazole rings is 1. The number of hydrogen-bond donors (Lipinski definition) is 2. The van der Waals surface area contributed by atoms with Crippen LogP contribution in [0.1, 0.15) is 18.4 Å². The summed E-state index contributed by atoms with van der Waals surface area (Å²) in [7, 11) is 1.80. The van der Waals surface area contributed by atoms with E-state index < -0.39 is 0 Å². The number of piperidine rings is 1. The Labute approximate surface area is 157 Å². The minimum Gasteiger partial charge on any atom is -0.355 e. The Morgan fingerprint density at radius 3 is 3.00 bits per heavy atom. The topological polar surface area (TPSA) is 80.4 Å². The van der Waals surface area contributed by atoms with E-state index in [1.54, 1.807) is 11.6 Å². The largest absolute Gasteiger partial charge is 0.355 e. The van der Waals surface area contributed by atoms with Crippen LogP contribution >= 0.6 is 23.7 Å². The fraction of sp³-hybridized carbons (Fsp3) is 0.529. The number of rotatable bonds is 5. The maximum atomic E-state index is 12.1. The highest BCUT2D eigenvalue weighted by Crippen LogP contribution is 2.22. The molecular formula is C17H25ClN4O2S. The van der Waals surface area contributed by atoms with Gasteiger partial charge < -0.3 is 15.6 Å². The lowest BCUT2D eigenvalue weighted by Gasteiger charge is -2.32. The SMILES string of the molecule is Cl.Cn1c(=O)sc2cc(CN3CCCC(C(=O)NCCN)C3)ccc21. The fourth-order valence-electron chi connectivity index (χ4n) is 3.29. The Bertz CT molecular complexity index is 789. The third kappa shape index (κ3) is 4.61. The van der Waals surface area contributed by atoms with Crippen molar-refractivity contribution in [3.8, 4) is 0 Å². The van der Waals surface area contributed by atoms with Gasteiger partial charge in [-0.3, -0.25) is 14.5 Å². The summed E-state index contributed by atoms with van der Waals surface area (Å²) in [6.45, 7) is 3.61. The highest BCUT2D eigenvalue weighted by Gasteiger charge is 2.25. The van der Waals surface area contributed by atoms with Gasteiger partial charge in [-0.2, -0.15) is 0 Å². The van der Waals surface area contributed by atoms with Crippen molar-refractivity contribution in [2.24, 2.45) is 18.7 Å². The maximum absolute atomic E-state index is 12.1. The Morgan fingerprint density at radius 2 is 2.24 bits per heavy atom. The first-order valence-corrected chi connectivity index (χ1v) is 9.18. The van der Waals surface area contributed by atoms with Gasteiger partial charge in [0.25, 0.3) is 0 Å². The van der Waals surface area contributed by atoms with E-state index in [4.69, 9.17) is 5.73 Å². The van der Waals surface area contributed by atoms with Gasteiger partial charge in [0.1, 0.15) is 0 Å². The molecule has 138 valence electrons. The lowest BCUT2D eigenvalue weighted by Crippen LogP contribution is -2.43. The summed E-state index contributed by atoms with van der Waals surface area (Å²) in [5.41, 5.74) is 7.61. The summed E-state index contributed by atoms with van der Waals surface area (Å²) in [6.07, 6.45) is 1.97. The highest BCUT2D eigenvalue weighted by atomic mass is 35.5. The lowest BCUT2D eigenvalue weighted by molar-refractivity contribution is -0.126. The molecule has 1 aromatic carbocycles.